The molecule has 0 fully saturated rings. The highest BCUT2D eigenvalue weighted by Gasteiger charge is 2.17. The Bertz CT molecular complexity index is 1020. The van der Waals surface area contributed by atoms with Gasteiger partial charge in [0.25, 0.3) is 0 Å². The lowest BCUT2D eigenvalue weighted by molar-refractivity contribution is 0.324. The highest BCUT2D eigenvalue weighted by Crippen LogP contribution is 2.41. The lowest BCUT2D eigenvalue weighted by Crippen LogP contribution is -2.11. The SMILES string of the molecule is COc1ccc(-c2cc(-c3cc(OC)c(OC)c(OC)c3)nc(NN)n2)cc1OC. The monoisotopic (exact) mass is 412 g/mol. The van der Waals surface area contributed by atoms with Crippen LogP contribution >= 0.6 is 0 Å². The standard InChI is InChI=1S/C21H24N4O5/c1-26-16-7-6-12(8-17(16)27-2)14-11-15(24-21(23-14)25-22)13-9-18(28-3)20(30-5)19(10-13)29-4/h6-11H,22H2,1-5H3,(H,23,24,25). The summed E-state index contributed by atoms with van der Waals surface area (Å²) >= 11 is 0. The van der Waals surface area contributed by atoms with Gasteiger partial charge in [-0.15, -0.1) is 0 Å². The minimum Gasteiger partial charge on any atom is -0.493 e. The van der Waals surface area contributed by atoms with Crippen molar-refractivity contribution in [3.8, 4) is 51.3 Å². The fourth-order valence-corrected chi connectivity index (χ4v) is 3.03. The van der Waals surface area contributed by atoms with Gasteiger partial charge in [-0.1, -0.05) is 0 Å². The van der Waals surface area contributed by atoms with Crippen LogP contribution < -0.4 is 35.0 Å². The van der Waals surface area contributed by atoms with Crippen molar-refractivity contribution in [3.05, 3.63) is 36.4 Å². The van der Waals surface area contributed by atoms with E-state index in [1.165, 1.54) is 0 Å². The predicted molar refractivity (Wildman–Crippen MR) is 113 cm³/mol. The number of benzene rings is 2. The van der Waals surface area contributed by atoms with Crippen LogP contribution in [0.5, 0.6) is 28.7 Å². The number of methoxy groups -OCH3 is 5. The molecule has 0 aliphatic heterocycles. The van der Waals surface area contributed by atoms with Crippen LogP contribution in [0, 0.1) is 0 Å². The van der Waals surface area contributed by atoms with Gasteiger partial charge in [0.05, 0.1) is 46.9 Å². The van der Waals surface area contributed by atoms with Gasteiger partial charge in [0, 0.05) is 11.1 Å². The molecule has 9 heteroatoms. The van der Waals surface area contributed by atoms with Crippen LogP contribution in [-0.2, 0) is 0 Å². The first-order valence-electron chi connectivity index (χ1n) is 8.97. The number of aromatic nitrogens is 2. The van der Waals surface area contributed by atoms with E-state index < -0.39 is 0 Å². The van der Waals surface area contributed by atoms with Gasteiger partial charge in [-0.2, -0.15) is 0 Å². The first-order chi connectivity index (χ1) is 14.6. The van der Waals surface area contributed by atoms with Gasteiger partial charge >= 0.3 is 0 Å². The summed E-state index contributed by atoms with van der Waals surface area (Å²) in [5, 5.41) is 0. The number of rotatable bonds is 8. The molecule has 1 aromatic heterocycles. The quantitative estimate of drug-likeness (QED) is 0.426. The molecule has 158 valence electrons. The average molecular weight is 412 g/mol. The normalized spacial score (nSPS) is 10.3. The second-order valence-electron chi connectivity index (χ2n) is 6.09. The molecular formula is C21H24N4O5. The number of nitrogens with one attached hydrogen (secondary N) is 1. The summed E-state index contributed by atoms with van der Waals surface area (Å²) < 4.78 is 27.0. The molecule has 3 N–H and O–H groups in total. The molecule has 0 atom stereocenters. The van der Waals surface area contributed by atoms with Crippen molar-refractivity contribution in [3.63, 3.8) is 0 Å². The molecule has 9 nitrogen and oxygen atoms in total. The Hall–Kier alpha value is -3.72. The van der Waals surface area contributed by atoms with E-state index in [4.69, 9.17) is 29.5 Å². The average Bonchev–Trinajstić information content (AvgIpc) is 2.81. The molecule has 0 spiro atoms. The van der Waals surface area contributed by atoms with Crippen molar-refractivity contribution in [2.24, 2.45) is 5.84 Å². The molecule has 0 unspecified atom stereocenters. The predicted octanol–water partition coefficient (Wildman–Crippen LogP) is 3.14. The maximum absolute atomic E-state index is 5.61. The van der Waals surface area contributed by atoms with Gasteiger partial charge in [-0.25, -0.2) is 15.8 Å². The summed E-state index contributed by atoms with van der Waals surface area (Å²) in [6.45, 7) is 0. The van der Waals surface area contributed by atoms with Gasteiger partial charge < -0.3 is 23.7 Å². The van der Waals surface area contributed by atoms with Crippen LogP contribution in [0.2, 0.25) is 0 Å². The molecule has 0 saturated heterocycles. The first kappa shape index (κ1) is 21.0. The molecule has 0 aliphatic rings. The molecule has 30 heavy (non-hydrogen) atoms. The van der Waals surface area contributed by atoms with Crippen molar-refractivity contribution < 1.29 is 23.7 Å². The molecule has 0 amide bonds. The summed E-state index contributed by atoms with van der Waals surface area (Å²) in [5.74, 6) is 8.60. The molecule has 2 aromatic carbocycles. The van der Waals surface area contributed by atoms with Gasteiger partial charge in [0.1, 0.15) is 0 Å². The van der Waals surface area contributed by atoms with Crippen LogP contribution in [-0.4, -0.2) is 45.5 Å². The van der Waals surface area contributed by atoms with Gasteiger partial charge in [0.15, 0.2) is 23.0 Å². The molecule has 1 heterocycles. The topological polar surface area (TPSA) is 110 Å². The highest BCUT2D eigenvalue weighted by molar-refractivity contribution is 5.74. The second-order valence-corrected chi connectivity index (χ2v) is 6.09. The molecule has 3 aromatic rings. The van der Waals surface area contributed by atoms with E-state index in [-0.39, 0.29) is 5.95 Å². The largest absolute Gasteiger partial charge is 0.493 e. The van der Waals surface area contributed by atoms with Crippen LogP contribution in [0.1, 0.15) is 0 Å². The third-order valence-corrected chi connectivity index (χ3v) is 4.50. The van der Waals surface area contributed by atoms with Crippen LogP contribution in [0.3, 0.4) is 0 Å². The Balaban J connectivity index is 2.17. The lowest BCUT2D eigenvalue weighted by Gasteiger charge is -2.15. The highest BCUT2D eigenvalue weighted by atomic mass is 16.5. The number of hydrazine groups is 1. The number of nitrogens with zero attached hydrogens (tertiary/aromatic N) is 2. The van der Waals surface area contributed by atoms with Crippen molar-refractivity contribution in [1.82, 2.24) is 9.97 Å². The maximum atomic E-state index is 5.61. The minimum absolute atomic E-state index is 0.256. The van der Waals surface area contributed by atoms with Gasteiger partial charge in [-0.05, 0) is 36.4 Å². The molecular weight excluding hydrogens is 388 g/mol. The molecule has 0 saturated carbocycles. The number of hydrogen-bond acceptors (Lipinski definition) is 9. The Kier molecular flexibility index (Phi) is 6.43. The summed E-state index contributed by atoms with van der Waals surface area (Å²) in [6, 6.07) is 11.0. The third kappa shape index (κ3) is 4.01. The van der Waals surface area contributed by atoms with E-state index in [9.17, 15) is 0 Å². The fraction of sp³-hybridized carbons (Fsp3) is 0.238. The number of nitrogens with two attached hydrogens (primary N) is 1. The van der Waals surface area contributed by atoms with Gasteiger partial charge in [0.2, 0.25) is 11.7 Å². The van der Waals surface area contributed by atoms with Crippen molar-refractivity contribution >= 4 is 5.95 Å². The summed E-state index contributed by atoms with van der Waals surface area (Å²) in [7, 11) is 7.83. The molecule has 0 bridgehead atoms. The zero-order valence-corrected chi connectivity index (χ0v) is 17.5. The van der Waals surface area contributed by atoms with Gasteiger partial charge in [-0.3, -0.25) is 5.43 Å². The van der Waals surface area contributed by atoms with E-state index in [1.807, 2.05) is 36.4 Å². The summed E-state index contributed by atoms with van der Waals surface area (Å²) in [6.07, 6.45) is 0. The summed E-state index contributed by atoms with van der Waals surface area (Å²) in [4.78, 5) is 8.94. The summed E-state index contributed by atoms with van der Waals surface area (Å²) in [5.41, 5.74) is 5.31. The third-order valence-electron chi connectivity index (χ3n) is 4.50. The van der Waals surface area contributed by atoms with Crippen LogP contribution in [0.4, 0.5) is 5.95 Å². The number of anilines is 1. The molecule has 0 aliphatic carbocycles. The van der Waals surface area contributed by atoms with E-state index in [2.05, 4.69) is 15.4 Å². The number of ether oxygens (including phenoxy) is 5. The Labute approximate surface area is 174 Å². The van der Waals surface area contributed by atoms with Crippen molar-refractivity contribution in [1.29, 1.82) is 0 Å². The Morgan fingerprint density at radius 2 is 1.17 bits per heavy atom. The maximum Gasteiger partial charge on any atom is 0.238 e. The first-order valence-corrected chi connectivity index (χ1v) is 8.97. The zero-order valence-electron chi connectivity index (χ0n) is 17.5. The van der Waals surface area contributed by atoms with Crippen molar-refractivity contribution in [2.75, 3.05) is 41.0 Å². The van der Waals surface area contributed by atoms with Crippen molar-refractivity contribution in [2.45, 2.75) is 0 Å². The molecule has 3 rings (SSSR count). The Morgan fingerprint density at radius 1 is 0.633 bits per heavy atom. The fourth-order valence-electron chi connectivity index (χ4n) is 3.03. The van der Waals surface area contributed by atoms with E-state index >= 15 is 0 Å². The zero-order chi connectivity index (χ0) is 21.7. The Morgan fingerprint density at radius 3 is 1.67 bits per heavy atom. The number of nitrogen functional groups attached to an aromatic ring is 1. The minimum atomic E-state index is 0.256. The van der Waals surface area contributed by atoms with E-state index in [0.29, 0.717) is 40.1 Å². The van der Waals surface area contributed by atoms with E-state index in [1.54, 1.807) is 35.5 Å². The second kappa shape index (κ2) is 9.19. The van der Waals surface area contributed by atoms with Crippen LogP contribution in [0.25, 0.3) is 22.5 Å². The number of hydrogen-bond donors (Lipinski definition) is 2. The smallest absolute Gasteiger partial charge is 0.238 e. The lowest BCUT2D eigenvalue weighted by atomic mass is 10.1. The molecule has 0 radical (unpaired) electrons. The van der Waals surface area contributed by atoms with E-state index in [0.717, 1.165) is 11.1 Å². The van der Waals surface area contributed by atoms with Crippen LogP contribution in [0.15, 0.2) is 36.4 Å².